The van der Waals surface area contributed by atoms with Crippen LogP contribution in [0.25, 0.3) is 5.65 Å². The molecule has 5 heteroatoms. The van der Waals surface area contributed by atoms with Gasteiger partial charge in [0.05, 0.1) is 11.3 Å². The van der Waals surface area contributed by atoms with Gasteiger partial charge >= 0.3 is 5.97 Å². The lowest BCUT2D eigenvalue weighted by Gasteiger charge is -2.12. The van der Waals surface area contributed by atoms with Crippen molar-refractivity contribution < 1.29 is 9.90 Å². The van der Waals surface area contributed by atoms with E-state index in [9.17, 15) is 4.79 Å². The topological polar surface area (TPSA) is 57.8 Å². The monoisotopic (exact) mass is 259 g/mol. The Morgan fingerprint density at radius 1 is 1.26 bits per heavy atom. The van der Waals surface area contributed by atoms with Gasteiger partial charge < -0.3 is 14.4 Å². The minimum absolute atomic E-state index is 0.288. The molecule has 0 spiro atoms. The quantitative estimate of drug-likeness (QED) is 0.907. The molecule has 2 aromatic heterocycles. The number of fused-ring (bicyclic) bond motifs is 1. The van der Waals surface area contributed by atoms with Crippen LogP contribution in [-0.2, 0) is 6.42 Å². The van der Waals surface area contributed by atoms with Crippen LogP contribution in [0.5, 0.6) is 0 Å². The van der Waals surface area contributed by atoms with Crippen molar-refractivity contribution in [3.8, 4) is 0 Å². The molecule has 0 saturated carbocycles. The number of likely N-dealkylation sites (tertiary alicyclic amines) is 1. The summed E-state index contributed by atoms with van der Waals surface area (Å²) in [4.78, 5) is 17.9. The summed E-state index contributed by atoms with van der Waals surface area (Å²) in [5, 5.41) is 8.96. The van der Waals surface area contributed by atoms with Gasteiger partial charge in [-0.2, -0.15) is 0 Å². The molecule has 3 heterocycles. The van der Waals surface area contributed by atoms with E-state index in [0.717, 1.165) is 24.3 Å². The van der Waals surface area contributed by atoms with E-state index in [2.05, 4.69) is 9.88 Å². The third kappa shape index (κ3) is 2.61. The van der Waals surface area contributed by atoms with E-state index in [1.54, 1.807) is 22.7 Å². The van der Waals surface area contributed by atoms with Gasteiger partial charge in [0.2, 0.25) is 0 Å². The van der Waals surface area contributed by atoms with Crippen LogP contribution in [0, 0.1) is 0 Å². The molecule has 2 aromatic rings. The van der Waals surface area contributed by atoms with Crippen LogP contribution in [0.1, 0.15) is 28.9 Å². The van der Waals surface area contributed by atoms with Gasteiger partial charge in [0.1, 0.15) is 5.65 Å². The van der Waals surface area contributed by atoms with Crippen molar-refractivity contribution in [2.75, 3.05) is 19.6 Å². The van der Waals surface area contributed by atoms with Gasteiger partial charge in [0.15, 0.2) is 0 Å². The first kappa shape index (κ1) is 12.2. The summed E-state index contributed by atoms with van der Waals surface area (Å²) >= 11 is 0. The second-order valence-corrected chi connectivity index (χ2v) is 5.02. The summed E-state index contributed by atoms with van der Waals surface area (Å²) < 4.78 is 1.79. The van der Waals surface area contributed by atoms with Crippen LogP contribution in [-0.4, -0.2) is 45.0 Å². The van der Waals surface area contributed by atoms with Gasteiger partial charge in [-0.05, 0) is 38.1 Å². The molecular weight excluding hydrogens is 242 g/mol. The normalized spacial score (nSPS) is 16.2. The maximum atomic E-state index is 10.9. The summed E-state index contributed by atoms with van der Waals surface area (Å²) in [6.45, 7) is 3.42. The lowest BCUT2D eigenvalue weighted by Crippen LogP contribution is -2.21. The summed E-state index contributed by atoms with van der Waals surface area (Å²) in [6, 6.07) is 3.34. The van der Waals surface area contributed by atoms with Crippen molar-refractivity contribution in [2.45, 2.75) is 19.3 Å². The summed E-state index contributed by atoms with van der Waals surface area (Å²) in [5.74, 6) is -0.908. The molecule has 1 aliphatic rings. The van der Waals surface area contributed by atoms with Crippen LogP contribution in [0.15, 0.2) is 24.5 Å². The Bertz CT molecular complexity index is 600. The van der Waals surface area contributed by atoms with E-state index in [1.165, 1.54) is 25.9 Å². The maximum Gasteiger partial charge on any atom is 0.337 e. The fourth-order valence-corrected chi connectivity index (χ4v) is 2.57. The summed E-state index contributed by atoms with van der Waals surface area (Å²) in [5.41, 5.74) is 2.12. The van der Waals surface area contributed by atoms with E-state index in [1.807, 2.05) is 6.20 Å². The van der Waals surface area contributed by atoms with Crippen LogP contribution in [0.3, 0.4) is 0 Å². The van der Waals surface area contributed by atoms with Crippen LogP contribution >= 0.6 is 0 Å². The summed E-state index contributed by atoms with van der Waals surface area (Å²) in [6.07, 6.45) is 7.06. The lowest BCUT2D eigenvalue weighted by atomic mass is 10.3. The molecule has 5 nitrogen and oxygen atoms in total. The average molecular weight is 259 g/mol. The largest absolute Gasteiger partial charge is 0.478 e. The van der Waals surface area contributed by atoms with Gasteiger partial charge in [-0.3, -0.25) is 0 Å². The fraction of sp³-hybridized carbons (Fsp3) is 0.429. The highest BCUT2D eigenvalue weighted by atomic mass is 16.4. The van der Waals surface area contributed by atoms with E-state index in [0.29, 0.717) is 0 Å². The predicted octanol–water partition coefficient (Wildman–Crippen LogP) is 1.67. The number of carbonyl (C=O) groups is 1. The number of carboxylic acids is 1. The third-order valence-electron chi connectivity index (χ3n) is 3.63. The zero-order valence-electron chi connectivity index (χ0n) is 10.7. The van der Waals surface area contributed by atoms with E-state index in [4.69, 9.17) is 5.11 Å². The molecule has 1 aliphatic heterocycles. The second kappa shape index (κ2) is 5.01. The molecule has 19 heavy (non-hydrogen) atoms. The van der Waals surface area contributed by atoms with Gasteiger partial charge in [-0.1, -0.05) is 0 Å². The first-order valence-electron chi connectivity index (χ1n) is 6.66. The highest BCUT2D eigenvalue weighted by Gasteiger charge is 2.12. The Kier molecular flexibility index (Phi) is 3.21. The maximum absolute atomic E-state index is 10.9. The number of aromatic nitrogens is 2. The first-order chi connectivity index (χ1) is 9.22. The molecule has 0 radical (unpaired) electrons. The van der Waals surface area contributed by atoms with Gasteiger partial charge in [-0.25, -0.2) is 9.78 Å². The molecule has 0 bridgehead atoms. The standard InChI is InChI=1S/C14H17N3O2/c18-14(19)11-3-4-13-15-12(10-17(13)9-11)5-8-16-6-1-2-7-16/h3-4,9-10H,1-2,5-8H2,(H,18,19). The van der Waals surface area contributed by atoms with Crippen molar-refractivity contribution >= 4 is 11.6 Å². The Hall–Kier alpha value is -1.88. The molecular formula is C14H17N3O2. The summed E-state index contributed by atoms with van der Waals surface area (Å²) in [7, 11) is 0. The number of hydrogen-bond acceptors (Lipinski definition) is 3. The number of nitrogens with zero attached hydrogens (tertiary/aromatic N) is 3. The molecule has 1 N–H and O–H groups in total. The highest BCUT2D eigenvalue weighted by Crippen LogP contribution is 2.11. The molecule has 1 fully saturated rings. The minimum Gasteiger partial charge on any atom is -0.478 e. The Morgan fingerprint density at radius 3 is 2.79 bits per heavy atom. The minimum atomic E-state index is -0.908. The smallest absolute Gasteiger partial charge is 0.337 e. The predicted molar refractivity (Wildman–Crippen MR) is 71.5 cm³/mol. The van der Waals surface area contributed by atoms with E-state index < -0.39 is 5.97 Å². The Balaban J connectivity index is 1.75. The van der Waals surface area contributed by atoms with Crippen LogP contribution in [0.4, 0.5) is 0 Å². The molecule has 0 unspecified atom stereocenters. The molecule has 0 aromatic carbocycles. The second-order valence-electron chi connectivity index (χ2n) is 5.02. The number of hydrogen-bond donors (Lipinski definition) is 1. The molecule has 0 aliphatic carbocycles. The van der Waals surface area contributed by atoms with Gasteiger partial charge in [-0.15, -0.1) is 0 Å². The number of aromatic carboxylic acids is 1. The lowest BCUT2D eigenvalue weighted by molar-refractivity contribution is 0.0696. The van der Waals surface area contributed by atoms with Gasteiger partial charge in [0, 0.05) is 25.4 Å². The molecule has 100 valence electrons. The highest BCUT2D eigenvalue weighted by molar-refractivity contribution is 5.87. The molecule has 1 saturated heterocycles. The average Bonchev–Trinajstić information content (AvgIpc) is 3.04. The van der Waals surface area contributed by atoms with Crippen molar-refractivity contribution in [3.05, 3.63) is 35.8 Å². The Labute approximate surface area is 111 Å². The molecule has 0 atom stereocenters. The molecule has 0 amide bonds. The van der Waals surface area contributed by atoms with Crippen molar-refractivity contribution in [2.24, 2.45) is 0 Å². The van der Waals surface area contributed by atoms with E-state index >= 15 is 0 Å². The number of pyridine rings is 1. The van der Waals surface area contributed by atoms with Crippen LogP contribution < -0.4 is 0 Å². The van der Waals surface area contributed by atoms with Gasteiger partial charge in [0.25, 0.3) is 0 Å². The number of rotatable bonds is 4. The first-order valence-corrected chi connectivity index (χ1v) is 6.66. The Morgan fingerprint density at radius 2 is 2.05 bits per heavy atom. The number of carboxylic acid groups (broad SMARTS) is 1. The van der Waals surface area contributed by atoms with Crippen LogP contribution in [0.2, 0.25) is 0 Å². The zero-order valence-corrected chi connectivity index (χ0v) is 10.7. The van der Waals surface area contributed by atoms with E-state index in [-0.39, 0.29) is 5.56 Å². The fourth-order valence-electron chi connectivity index (χ4n) is 2.57. The van der Waals surface area contributed by atoms with Crippen molar-refractivity contribution in [1.29, 1.82) is 0 Å². The zero-order chi connectivity index (χ0) is 13.2. The van der Waals surface area contributed by atoms with Crippen molar-refractivity contribution in [3.63, 3.8) is 0 Å². The SMILES string of the molecule is O=C(O)c1ccc2nc(CCN3CCCC3)cn2c1. The van der Waals surface area contributed by atoms with Crippen molar-refractivity contribution in [1.82, 2.24) is 14.3 Å². The molecule has 3 rings (SSSR count). The third-order valence-corrected chi connectivity index (χ3v) is 3.63. The number of imidazole rings is 1.